The Morgan fingerprint density at radius 2 is 2.39 bits per heavy atom. The summed E-state index contributed by atoms with van der Waals surface area (Å²) >= 11 is 0. The molecule has 0 radical (unpaired) electrons. The minimum absolute atomic E-state index is 0.0166. The third-order valence-electron chi connectivity index (χ3n) is 3.29. The molecule has 1 aromatic rings. The fraction of sp³-hybridized carbons (Fsp3) is 0.462. The van der Waals surface area contributed by atoms with Crippen molar-refractivity contribution in [1.82, 2.24) is 5.32 Å². The molecule has 0 bridgehead atoms. The molecule has 0 amide bonds. The van der Waals surface area contributed by atoms with Gasteiger partial charge in [-0.2, -0.15) is 0 Å². The fourth-order valence-corrected chi connectivity index (χ4v) is 2.34. The Morgan fingerprint density at radius 3 is 3.11 bits per heavy atom. The lowest BCUT2D eigenvalue weighted by Gasteiger charge is -2.33. The molecule has 96 valence electrons. The first-order chi connectivity index (χ1) is 8.78. The Kier molecular flexibility index (Phi) is 2.74. The molecule has 0 saturated carbocycles. The number of amidine groups is 1. The van der Waals surface area contributed by atoms with E-state index in [2.05, 4.69) is 22.3 Å². The van der Waals surface area contributed by atoms with Crippen molar-refractivity contribution in [3.63, 3.8) is 0 Å². The maximum Gasteiger partial charge on any atom is 0.173 e. The zero-order chi connectivity index (χ0) is 12.5. The maximum absolute atomic E-state index is 6.01. The first-order valence-electron chi connectivity index (χ1n) is 6.12. The van der Waals surface area contributed by atoms with Crippen LogP contribution in [0.2, 0.25) is 0 Å². The zero-order valence-electron chi connectivity index (χ0n) is 10.6. The van der Waals surface area contributed by atoms with Crippen molar-refractivity contribution in [2.45, 2.75) is 6.10 Å². The molecule has 2 aliphatic rings. The van der Waals surface area contributed by atoms with Crippen LogP contribution in [0.4, 0.5) is 5.69 Å². The van der Waals surface area contributed by atoms with Crippen molar-refractivity contribution >= 4 is 11.5 Å². The van der Waals surface area contributed by atoms with Crippen molar-refractivity contribution in [1.29, 1.82) is 0 Å². The maximum atomic E-state index is 6.01. The van der Waals surface area contributed by atoms with Crippen LogP contribution in [-0.4, -0.2) is 45.7 Å². The van der Waals surface area contributed by atoms with E-state index in [0.717, 1.165) is 42.7 Å². The van der Waals surface area contributed by atoms with Gasteiger partial charge in [-0.05, 0) is 12.1 Å². The van der Waals surface area contributed by atoms with E-state index < -0.39 is 0 Å². The van der Waals surface area contributed by atoms with Gasteiger partial charge < -0.3 is 19.7 Å². The van der Waals surface area contributed by atoms with Gasteiger partial charge in [0.25, 0.3) is 0 Å². The second-order valence-electron chi connectivity index (χ2n) is 4.51. The molecule has 0 fully saturated rings. The molecule has 1 unspecified atom stereocenters. The summed E-state index contributed by atoms with van der Waals surface area (Å²) in [5, 5.41) is 3.27. The number of nitrogens with one attached hydrogen (secondary N) is 1. The van der Waals surface area contributed by atoms with Crippen LogP contribution in [0.25, 0.3) is 0 Å². The van der Waals surface area contributed by atoms with Crippen LogP contribution in [0.1, 0.15) is 0 Å². The number of aliphatic imine (C=N–C) groups is 1. The summed E-state index contributed by atoms with van der Waals surface area (Å²) in [5.41, 5.74) is 1.09. The lowest BCUT2D eigenvalue weighted by molar-refractivity contribution is 0.254. The molecule has 1 atom stereocenters. The van der Waals surface area contributed by atoms with Crippen LogP contribution >= 0.6 is 0 Å². The van der Waals surface area contributed by atoms with E-state index >= 15 is 0 Å². The highest BCUT2D eigenvalue weighted by atomic mass is 16.5. The molecule has 1 N–H and O–H groups in total. The van der Waals surface area contributed by atoms with E-state index in [0.29, 0.717) is 0 Å². The quantitative estimate of drug-likeness (QED) is 0.843. The Balaban J connectivity index is 1.89. The number of fused-ring (bicyclic) bond motifs is 1. The van der Waals surface area contributed by atoms with E-state index in [-0.39, 0.29) is 6.10 Å². The fourth-order valence-electron chi connectivity index (χ4n) is 2.34. The van der Waals surface area contributed by atoms with Gasteiger partial charge in [0, 0.05) is 19.7 Å². The molecule has 2 aliphatic heterocycles. The van der Waals surface area contributed by atoms with Gasteiger partial charge in [0.05, 0.1) is 25.9 Å². The highest BCUT2D eigenvalue weighted by Crippen LogP contribution is 2.35. The van der Waals surface area contributed by atoms with Gasteiger partial charge in [0.1, 0.15) is 17.3 Å². The van der Waals surface area contributed by atoms with Crippen LogP contribution in [0.5, 0.6) is 11.5 Å². The van der Waals surface area contributed by atoms with Crippen LogP contribution in [0.15, 0.2) is 23.2 Å². The molecule has 18 heavy (non-hydrogen) atoms. The summed E-state index contributed by atoms with van der Waals surface area (Å²) in [6.07, 6.45) is -0.0166. The molecule has 0 spiro atoms. The molecule has 3 rings (SSSR count). The van der Waals surface area contributed by atoms with Crippen molar-refractivity contribution < 1.29 is 9.47 Å². The van der Waals surface area contributed by atoms with Crippen LogP contribution in [0.3, 0.4) is 0 Å². The van der Waals surface area contributed by atoms with Gasteiger partial charge in [-0.25, -0.2) is 0 Å². The van der Waals surface area contributed by atoms with E-state index in [9.17, 15) is 0 Å². The molecule has 5 nitrogen and oxygen atoms in total. The van der Waals surface area contributed by atoms with E-state index in [4.69, 9.17) is 9.47 Å². The normalized spacial score (nSPS) is 21.8. The average Bonchev–Trinajstić information content (AvgIpc) is 2.91. The van der Waals surface area contributed by atoms with Crippen molar-refractivity contribution in [2.24, 2.45) is 4.99 Å². The molecule has 2 heterocycles. The molecular weight excluding hydrogens is 230 g/mol. The second-order valence-corrected chi connectivity index (χ2v) is 4.51. The number of rotatable bonds is 2. The van der Waals surface area contributed by atoms with Gasteiger partial charge in [-0.15, -0.1) is 0 Å². The Labute approximate surface area is 106 Å². The smallest absolute Gasteiger partial charge is 0.173 e. The number of methoxy groups -OCH3 is 1. The molecule has 1 aromatic carbocycles. The lowest BCUT2D eigenvalue weighted by atomic mass is 10.2. The van der Waals surface area contributed by atoms with Crippen LogP contribution < -0.4 is 19.7 Å². The van der Waals surface area contributed by atoms with Crippen LogP contribution in [0, 0.1) is 0 Å². The summed E-state index contributed by atoms with van der Waals surface area (Å²) in [5.74, 6) is 2.61. The SMILES string of the molecule is COc1ccc2c(c1)OC(C1=NCCN1)CN2C. The average molecular weight is 247 g/mol. The zero-order valence-corrected chi connectivity index (χ0v) is 10.6. The first-order valence-corrected chi connectivity index (χ1v) is 6.12. The van der Waals surface area contributed by atoms with E-state index in [1.54, 1.807) is 7.11 Å². The topological polar surface area (TPSA) is 46.1 Å². The minimum Gasteiger partial charge on any atom is -0.497 e. The Morgan fingerprint density at radius 1 is 1.50 bits per heavy atom. The summed E-state index contributed by atoms with van der Waals surface area (Å²) in [4.78, 5) is 6.62. The number of anilines is 1. The number of benzene rings is 1. The summed E-state index contributed by atoms with van der Waals surface area (Å²) in [6, 6.07) is 5.89. The third-order valence-corrected chi connectivity index (χ3v) is 3.29. The van der Waals surface area contributed by atoms with Crippen molar-refractivity contribution in [2.75, 3.05) is 38.7 Å². The molecule has 0 saturated heterocycles. The number of hydrogen-bond acceptors (Lipinski definition) is 5. The van der Waals surface area contributed by atoms with Crippen molar-refractivity contribution in [3.8, 4) is 11.5 Å². The summed E-state index contributed by atoms with van der Waals surface area (Å²) < 4.78 is 11.2. The molecule has 0 aliphatic carbocycles. The van der Waals surface area contributed by atoms with Gasteiger partial charge in [0.2, 0.25) is 0 Å². The minimum atomic E-state index is -0.0166. The van der Waals surface area contributed by atoms with E-state index in [1.165, 1.54) is 0 Å². The summed E-state index contributed by atoms with van der Waals surface area (Å²) in [6.45, 7) is 2.55. The highest BCUT2D eigenvalue weighted by molar-refractivity contribution is 5.89. The first kappa shape index (κ1) is 11.2. The van der Waals surface area contributed by atoms with Crippen LogP contribution in [-0.2, 0) is 0 Å². The predicted molar refractivity (Wildman–Crippen MR) is 71.0 cm³/mol. The number of likely N-dealkylation sites (N-methyl/N-ethyl adjacent to an activating group) is 1. The lowest BCUT2D eigenvalue weighted by Crippen LogP contribution is -2.46. The van der Waals surface area contributed by atoms with Gasteiger partial charge in [0.15, 0.2) is 6.10 Å². The van der Waals surface area contributed by atoms with Gasteiger partial charge in [-0.1, -0.05) is 0 Å². The van der Waals surface area contributed by atoms with Gasteiger partial charge >= 0.3 is 0 Å². The van der Waals surface area contributed by atoms with E-state index in [1.807, 2.05) is 18.2 Å². The Bertz CT molecular complexity index is 487. The summed E-state index contributed by atoms with van der Waals surface area (Å²) in [7, 11) is 3.73. The second kappa shape index (κ2) is 4.40. The highest BCUT2D eigenvalue weighted by Gasteiger charge is 2.28. The number of hydrogen-bond donors (Lipinski definition) is 1. The predicted octanol–water partition coefficient (Wildman–Crippen LogP) is 0.894. The molecular formula is C13H17N3O2. The molecule has 5 heteroatoms. The largest absolute Gasteiger partial charge is 0.497 e. The standard InChI is InChI=1S/C13H17N3O2/c1-16-8-12(13-14-5-6-15-13)18-11-7-9(17-2)3-4-10(11)16/h3-4,7,12H,5-6,8H2,1-2H3,(H,14,15). The Hall–Kier alpha value is -1.91. The monoisotopic (exact) mass is 247 g/mol. The molecule has 0 aromatic heterocycles. The van der Waals surface area contributed by atoms with Gasteiger partial charge in [-0.3, -0.25) is 4.99 Å². The number of nitrogens with zero attached hydrogens (tertiary/aromatic N) is 2. The van der Waals surface area contributed by atoms with Crippen molar-refractivity contribution in [3.05, 3.63) is 18.2 Å². The number of ether oxygens (including phenoxy) is 2. The third kappa shape index (κ3) is 1.85.